The number of carbonyl (C=O) groups excluding carboxylic acids is 1. The van der Waals surface area contributed by atoms with E-state index in [1.807, 2.05) is 0 Å². The van der Waals surface area contributed by atoms with Crippen LogP contribution in [0, 0.1) is 17.3 Å². The molecule has 74 valence electrons. The maximum Gasteiger partial charge on any atom is 0.310 e. The number of esters is 1. The lowest BCUT2D eigenvalue weighted by atomic mass is 10.1. The van der Waals surface area contributed by atoms with Gasteiger partial charge in [0.05, 0.1) is 18.4 Å². The summed E-state index contributed by atoms with van der Waals surface area (Å²) in [6, 6.07) is 0. The molecule has 0 unspecified atom stereocenters. The van der Waals surface area contributed by atoms with Crippen molar-refractivity contribution in [2.45, 2.75) is 20.8 Å². The monoisotopic (exact) mass is 186 g/mol. The first-order valence-electron chi connectivity index (χ1n) is 4.32. The molecule has 0 heterocycles. The predicted molar refractivity (Wildman–Crippen MR) is 45.0 cm³/mol. The Hall–Kier alpha value is -1.06. The van der Waals surface area contributed by atoms with Crippen LogP contribution in [0.5, 0.6) is 0 Å². The predicted octanol–water partition coefficient (Wildman–Crippen LogP) is 0.906. The highest BCUT2D eigenvalue weighted by Crippen LogP contribution is 2.58. The normalized spacial score (nSPS) is 29.5. The first-order valence-corrected chi connectivity index (χ1v) is 4.32. The van der Waals surface area contributed by atoms with Crippen molar-refractivity contribution in [3.63, 3.8) is 0 Å². The number of rotatable bonds is 3. The van der Waals surface area contributed by atoms with Gasteiger partial charge in [-0.1, -0.05) is 13.8 Å². The second-order valence-corrected chi connectivity index (χ2v) is 3.87. The molecular formula is C9H14O4. The number of aliphatic carboxylic acids is 1. The topological polar surface area (TPSA) is 63.6 Å². The van der Waals surface area contributed by atoms with Crippen LogP contribution in [0.15, 0.2) is 0 Å². The molecule has 1 aliphatic carbocycles. The Labute approximate surface area is 76.9 Å². The van der Waals surface area contributed by atoms with Gasteiger partial charge >= 0.3 is 11.9 Å². The van der Waals surface area contributed by atoms with E-state index in [0.29, 0.717) is 6.61 Å². The van der Waals surface area contributed by atoms with Gasteiger partial charge in [-0.25, -0.2) is 0 Å². The Balaban J connectivity index is 2.65. The summed E-state index contributed by atoms with van der Waals surface area (Å²) in [6.45, 7) is 5.56. The van der Waals surface area contributed by atoms with E-state index in [0.717, 1.165) is 0 Å². The molecule has 0 aliphatic heterocycles. The van der Waals surface area contributed by atoms with Gasteiger partial charge in [0.1, 0.15) is 0 Å². The molecule has 4 heteroatoms. The summed E-state index contributed by atoms with van der Waals surface area (Å²) in [6.07, 6.45) is 0. The molecule has 13 heavy (non-hydrogen) atoms. The summed E-state index contributed by atoms with van der Waals surface area (Å²) < 4.78 is 4.78. The second-order valence-electron chi connectivity index (χ2n) is 3.87. The van der Waals surface area contributed by atoms with E-state index in [9.17, 15) is 9.59 Å². The SMILES string of the molecule is CCOC(=O)[C@@H]1[C@H](C(=O)O)C1(C)C. The van der Waals surface area contributed by atoms with Gasteiger partial charge in [-0.15, -0.1) is 0 Å². The fraction of sp³-hybridized carbons (Fsp3) is 0.778. The minimum Gasteiger partial charge on any atom is -0.481 e. The number of carboxylic acids is 1. The lowest BCUT2D eigenvalue weighted by Crippen LogP contribution is -2.11. The van der Waals surface area contributed by atoms with Crippen molar-refractivity contribution in [3.05, 3.63) is 0 Å². The Morgan fingerprint density at radius 1 is 1.38 bits per heavy atom. The molecule has 1 fully saturated rings. The van der Waals surface area contributed by atoms with Crippen LogP contribution < -0.4 is 0 Å². The lowest BCUT2D eigenvalue weighted by molar-refractivity contribution is -0.148. The highest BCUT2D eigenvalue weighted by molar-refractivity contribution is 5.88. The molecule has 0 saturated heterocycles. The van der Waals surface area contributed by atoms with Gasteiger partial charge in [0.2, 0.25) is 0 Å². The third-order valence-electron chi connectivity index (χ3n) is 2.63. The minimum atomic E-state index is -0.914. The number of carboxylic acid groups (broad SMARTS) is 1. The van der Waals surface area contributed by atoms with Crippen molar-refractivity contribution in [3.8, 4) is 0 Å². The van der Waals surface area contributed by atoms with Crippen LogP contribution in [-0.4, -0.2) is 23.7 Å². The van der Waals surface area contributed by atoms with Gasteiger partial charge in [-0.3, -0.25) is 9.59 Å². The smallest absolute Gasteiger partial charge is 0.310 e. The van der Waals surface area contributed by atoms with Gasteiger partial charge in [0, 0.05) is 0 Å². The minimum absolute atomic E-state index is 0.303. The maximum atomic E-state index is 11.3. The second kappa shape index (κ2) is 3.01. The molecule has 2 atom stereocenters. The van der Waals surface area contributed by atoms with Crippen molar-refractivity contribution in [1.29, 1.82) is 0 Å². The van der Waals surface area contributed by atoms with Gasteiger partial charge in [-0.2, -0.15) is 0 Å². The molecule has 1 saturated carbocycles. The number of hydrogen-bond donors (Lipinski definition) is 1. The zero-order valence-electron chi connectivity index (χ0n) is 8.03. The number of carbonyl (C=O) groups is 2. The fourth-order valence-corrected chi connectivity index (χ4v) is 1.77. The summed E-state index contributed by atoms with van der Waals surface area (Å²) in [7, 11) is 0. The molecule has 0 amide bonds. The standard InChI is InChI=1S/C9H14O4/c1-4-13-8(12)6-5(7(10)11)9(6,2)3/h5-6H,4H2,1-3H3,(H,10,11)/t5-,6+/m1/s1. The highest BCUT2D eigenvalue weighted by Gasteiger charge is 2.66. The Kier molecular flexibility index (Phi) is 2.32. The summed E-state index contributed by atoms with van der Waals surface area (Å²) in [5.41, 5.74) is -0.446. The third-order valence-corrected chi connectivity index (χ3v) is 2.63. The molecule has 1 rings (SSSR count). The lowest BCUT2D eigenvalue weighted by Gasteiger charge is -2.01. The first-order chi connectivity index (χ1) is 5.92. The summed E-state index contributed by atoms with van der Waals surface area (Å²) >= 11 is 0. The van der Waals surface area contributed by atoms with Crippen LogP contribution in [0.25, 0.3) is 0 Å². The summed E-state index contributed by atoms with van der Waals surface area (Å²) in [4.78, 5) is 21.9. The molecule has 1 aliphatic rings. The van der Waals surface area contributed by atoms with Crippen molar-refractivity contribution < 1.29 is 19.4 Å². The van der Waals surface area contributed by atoms with Crippen LogP contribution in [0.3, 0.4) is 0 Å². The molecule has 0 aromatic carbocycles. The van der Waals surface area contributed by atoms with Crippen LogP contribution >= 0.6 is 0 Å². The molecule has 4 nitrogen and oxygen atoms in total. The fourth-order valence-electron chi connectivity index (χ4n) is 1.77. The van der Waals surface area contributed by atoms with Crippen LogP contribution in [0.2, 0.25) is 0 Å². The highest BCUT2D eigenvalue weighted by atomic mass is 16.5. The summed E-state index contributed by atoms with van der Waals surface area (Å²) in [5.74, 6) is -2.35. The molecular weight excluding hydrogens is 172 g/mol. The van der Waals surface area contributed by atoms with Gasteiger partial charge in [0.25, 0.3) is 0 Å². The van der Waals surface area contributed by atoms with E-state index in [2.05, 4.69) is 0 Å². The maximum absolute atomic E-state index is 11.3. The molecule has 0 aromatic heterocycles. The molecule has 0 spiro atoms. The van der Waals surface area contributed by atoms with Gasteiger partial charge < -0.3 is 9.84 Å². The zero-order valence-corrected chi connectivity index (χ0v) is 8.03. The molecule has 0 radical (unpaired) electrons. The Morgan fingerprint density at radius 3 is 2.23 bits per heavy atom. The van der Waals surface area contributed by atoms with Gasteiger partial charge in [0.15, 0.2) is 0 Å². The quantitative estimate of drug-likeness (QED) is 0.665. The van der Waals surface area contributed by atoms with E-state index in [4.69, 9.17) is 9.84 Å². The molecule has 1 N–H and O–H groups in total. The first kappa shape index (κ1) is 10.0. The molecule has 0 aromatic rings. The third kappa shape index (κ3) is 1.53. The average molecular weight is 186 g/mol. The largest absolute Gasteiger partial charge is 0.481 e. The van der Waals surface area contributed by atoms with E-state index in [1.54, 1.807) is 20.8 Å². The summed E-state index contributed by atoms with van der Waals surface area (Å²) in [5, 5.41) is 8.77. The van der Waals surface area contributed by atoms with Crippen molar-refractivity contribution in [2.75, 3.05) is 6.61 Å². The Morgan fingerprint density at radius 2 is 1.92 bits per heavy atom. The number of hydrogen-bond acceptors (Lipinski definition) is 3. The average Bonchev–Trinajstić information content (AvgIpc) is 2.54. The van der Waals surface area contributed by atoms with Gasteiger partial charge in [-0.05, 0) is 12.3 Å². The zero-order chi connectivity index (χ0) is 10.2. The van der Waals surface area contributed by atoms with Crippen molar-refractivity contribution >= 4 is 11.9 Å². The van der Waals surface area contributed by atoms with Crippen LogP contribution in [0.4, 0.5) is 0 Å². The molecule has 0 bridgehead atoms. The van der Waals surface area contributed by atoms with E-state index >= 15 is 0 Å². The number of ether oxygens (including phenoxy) is 1. The van der Waals surface area contributed by atoms with Crippen LogP contribution in [-0.2, 0) is 14.3 Å². The van der Waals surface area contributed by atoms with Crippen molar-refractivity contribution in [2.24, 2.45) is 17.3 Å². The van der Waals surface area contributed by atoms with Crippen LogP contribution in [0.1, 0.15) is 20.8 Å². The van der Waals surface area contributed by atoms with Crippen molar-refractivity contribution in [1.82, 2.24) is 0 Å². The van der Waals surface area contributed by atoms with E-state index < -0.39 is 23.2 Å². The van der Waals surface area contributed by atoms with E-state index in [1.165, 1.54) is 0 Å². The Bertz CT molecular complexity index is 244. The van der Waals surface area contributed by atoms with E-state index in [-0.39, 0.29) is 5.97 Å².